The van der Waals surface area contributed by atoms with E-state index in [4.69, 9.17) is 5.73 Å². The number of carbonyl (C=O) groups is 1. The Bertz CT molecular complexity index is 388. The van der Waals surface area contributed by atoms with Gasteiger partial charge in [0.15, 0.2) is 0 Å². The van der Waals surface area contributed by atoms with Crippen LogP contribution < -0.4 is 5.73 Å². The van der Waals surface area contributed by atoms with Crippen LogP contribution in [0.1, 0.15) is 12.5 Å². The van der Waals surface area contributed by atoms with Crippen LogP contribution in [0, 0.1) is 10.1 Å². The first-order chi connectivity index (χ1) is 6.52. The quantitative estimate of drug-likeness (QED) is 0.446. The second-order valence-electron chi connectivity index (χ2n) is 2.99. The maximum Gasteiger partial charge on any atom is 0.295 e. The van der Waals surface area contributed by atoms with Crippen molar-refractivity contribution in [2.24, 2.45) is 0 Å². The number of hydrogen-bond acceptors (Lipinski definition) is 4. The van der Waals surface area contributed by atoms with Crippen LogP contribution in [0.3, 0.4) is 0 Å². The molecule has 0 aliphatic rings. The van der Waals surface area contributed by atoms with Crippen LogP contribution >= 0.6 is 0 Å². The lowest BCUT2D eigenvalue weighted by Crippen LogP contribution is -2.04. The molecule has 0 saturated carbocycles. The molecule has 0 spiro atoms. The highest BCUT2D eigenvalue weighted by Gasteiger charge is 2.17. The molecular formula is C9H10N2O3. The molecule has 0 fully saturated rings. The van der Waals surface area contributed by atoms with Crippen molar-refractivity contribution in [3.05, 3.63) is 33.9 Å². The van der Waals surface area contributed by atoms with Crippen molar-refractivity contribution < 1.29 is 9.72 Å². The van der Waals surface area contributed by atoms with Crippen LogP contribution in [0.15, 0.2) is 18.2 Å². The van der Waals surface area contributed by atoms with E-state index in [-0.39, 0.29) is 23.6 Å². The molecule has 0 unspecified atom stereocenters. The number of ketones is 1. The van der Waals surface area contributed by atoms with Crippen molar-refractivity contribution in [1.29, 1.82) is 0 Å². The lowest BCUT2D eigenvalue weighted by atomic mass is 10.1. The fourth-order valence-electron chi connectivity index (χ4n) is 1.24. The van der Waals surface area contributed by atoms with Gasteiger partial charge in [0, 0.05) is 12.0 Å². The third-order valence-electron chi connectivity index (χ3n) is 1.77. The molecule has 0 saturated heterocycles. The minimum absolute atomic E-state index is 0.0430. The summed E-state index contributed by atoms with van der Waals surface area (Å²) in [7, 11) is 0. The summed E-state index contributed by atoms with van der Waals surface area (Å²) >= 11 is 0. The van der Waals surface area contributed by atoms with E-state index < -0.39 is 4.92 Å². The van der Waals surface area contributed by atoms with Gasteiger partial charge in [-0.2, -0.15) is 0 Å². The number of para-hydroxylation sites is 1. The minimum Gasteiger partial charge on any atom is -0.393 e. The lowest BCUT2D eigenvalue weighted by molar-refractivity contribution is -0.384. The first kappa shape index (κ1) is 10.2. The summed E-state index contributed by atoms with van der Waals surface area (Å²) in [4.78, 5) is 20.9. The smallest absolute Gasteiger partial charge is 0.295 e. The average Bonchev–Trinajstić information content (AvgIpc) is 2.01. The van der Waals surface area contributed by atoms with Gasteiger partial charge in [0.05, 0.1) is 4.92 Å². The number of carbonyl (C=O) groups excluding carboxylic acids is 1. The van der Waals surface area contributed by atoms with Crippen LogP contribution in [0.5, 0.6) is 0 Å². The zero-order chi connectivity index (χ0) is 10.7. The molecule has 5 nitrogen and oxygen atoms in total. The number of anilines is 1. The first-order valence-corrected chi connectivity index (χ1v) is 4.03. The molecule has 0 radical (unpaired) electrons. The Morgan fingerprint density at radius 3 is 2.71 bits per heavy atom. The van der Waals surface area contributed by atoms with Gasteiger partial charge in [-0.1, -0.05) is 12.1 Å². The number of nitrogen functional groups attached to an aromatic ring is 1. The molecule has 0 aliphatic heterocycles. The number of nitro groups is 1. The normalized spacial score (nSPS) is 9.79. The van der Waals surface area contributed by atoms with Gasteiger partial charge in [0.25, 0.3) is 5.69 Å². The highest BCUT2D eigenvalue weighted by Crippen LogP contribution is 2.26. The molecule has 0 atom stereocenters. The summed E-state index contributed by atoms with van der Waals surface area (Å²) in [6.07, 6.45) is 0.0430. The van der Waals surface area contributed by atoms with Gasteiger partial charge in [-0.15, -0.1) is 0 Å². The number of rotatable bonds is 3. The highest BCUT2D eigenvalue weighted by atomic mass is 16.6. The zero-order valence-electron chi connectivity index (χ0n) is 7.69. The van der Waals surface area contributed by atoms with Gasteiger partial charge in [-0.3, -0.25) is 14.9 Å². The summed E-state index contributed by atoms with van der Waals surface area (Å²) in [5, 5.41) is 10.6. The van der Waals surface area contributed by atoms with Crippen molar-refractivity contribution >= 4 is 17.2 Å². The molecule has 0 aromatic heterocycles. The van der Waals surface area contributed by atoms with Crippen LogP contribution in [-0.4, -0.2) is 10.7 Å². The first-order valence-electron chi connectivity index (χ1n) is 4.03. The van der Waals surface area contributed by atoms with Crippen molar-refractivity contribution in [3.8, 4) is 0 Å². The lowest BCUT2D eigenvalue weighted by Gasteiger charge is -2.02. The molecule has 1 rings (SSSR count). The van der Waals surface area contributed by atoms with Gasteiger partial charge in [0.1, 0.15) is 11.5 Å². The topological polar surface area (TPSA) is 86.2 Å². The third-order valence-corrected chi connectivity index (χ3v) is 1.77. The van der Waals surface area contributed by atoms with E-state index in [9.17, 15) is 14.9 Å². The van der Waals surface area contributed by atoms with Crippen LogP contribution in [0.4, 0.5) is 11.4 Å². The van der Waals surface area contributed by atoms with Gasteiger partial charge in [0.2, 0.25) is 0 Å². The zero-order valence-corrected chi connectivity index (χ0v) is 7.69. The SMILES string of the molecule is CC(=O)Cc1cccc(N)c1[N+](=O)[O-]. The average molecular weight is 194 g/mol. The van der Waals surface area contributed by atoms with Gasteiger partial charge < -0.3 is 5.73 Å². The van der Waals surface area contributed by atoms with Crippen molar-refractivity contribution in [2.75, 3.05) is 5.73 Å². The number of nitrogens with two attached hydrogens (primary N) is 1. The fraction of sp³-hybridized carbons (Fsp3) is 0.222. The van der Waals surface area contributed by atoms with E-state index >= 15 is 0 Å². The predicted molar refractivity (Wildman–Crippen MR) is 51.9 cm³/mol. The molecule has 0 aliphatic carbocycles. The predicted octanol–water partition coefficient (Wildman–Crippen LogP) is 1.31. The molecule has 1 aromatic carbocycles. The Balaban J connectivity index is 3.21. The van der Waals surface area contributed by atoms with E-state index in [0.29, 0.717) is 5.56 Å². The van der Waals surface area contributed by atoms with Crippen LogP contribution in [0.2, 0.25) is 0 Å². The Morgan fingerprint density at radius 1 is 1.57 bits per heavy atom. The summed E-state index contributed by atoms with van der Waals surface area (Å²) in [6, 6.07) is 4.58. The summed E-state index contributed by atoms with van der Waals surface area (Å²) in [5.74, 6) is -0.126. The standard InChI is InChI=1S/C9H10N2O3/c1-6(12)5-7-3-2-4-8(10)9(7)11(13)14/h2-4H,5,10H2,1H3. The van der Waals surface area contributed by atoms with E-state index in [1.165, 1.54) is 19.1 Å². The Labute approximate surface area is 80.7 Å². The summed E-state index contributed by atoms with van der Waals surface area (Å²) < 4.78 is 0. The second kappa shape index (κ2) is 3.87. The number of nitrogens with zero attached hydrogens (tertiary/aromatic N) is 1. The van der Waals surface area contributed by atoms with Crippen molar-refractivity contribution in [3.63, 3.8) is 0 Å². The van der Waals surface area contributed by atoms with Crippen LogP contribution in [0.25, 0.3) is 0 Å². The molecule has 2 N–H and O–H groups in total. The molecule has 0 heterocycles. The Morgan fingerprint density at radius 2 is 2.21 bits per heavy atom. The monoisotopic (exact) mass is 194 g/mol. The molecule has 0 amide bonds. The molecule has 1 aromatic rings. The molecular weight excluding hydrogens is 184 g/mol. The molecule has 74 valence electrons. The number of nitro benzene ring substituents is 1. The van der Waals surface area contributed by atoms with E-state index in [2.05, 4.69) is 0 Å². The van der Waals surface area contributed by atoms with E-state index in [1.54, 1.807) is 6.07 Å². The van der Waals surface area contributed by atoms with Gasteiger partial charge in [-0.25, -0.2) is 0 Å². The number of hydrogen-bond donors (Lipinski definition) is 1. The van der Waals surface area contributed by atoms with Gasteiger partial charge >= 0.3 is 0 Å². The van der Waals surface area contributed by atoms with E-state index in [0.717, 1.165) is 0 Å². The molecule has 0 bridgehead atoms. The highest BCUT2D eigenvalue weighted by molar-refractivity contribution is 5.80. The summed E-state index contributed by atoms with van der Waals surface area (Å²) in [5.41, 5.74) is 5.74. The minimum atomic E-state index is -0.562. The molecule has 5 heteroatoms. The number of Topliss-reactive ketones (excluding diaryl/α,β-unsaturated/α-hetero) is 1. The number of benzene rings is 1. The maximum absolute atomic E-state index is 10.8. The Kier molecular flexibility index (Phi) is 2.81. The van der Waals surface area contributed by atoms with Gasteiger partial charge in [-0.05, 0) is 13.0 Å². The Hall–Kier alpha value is -1.91. The third kappa shape index (κ3) is 2.07. The van der Waals surface area contributed by atoms with Crippen molar-refractivity contribution in [2.45, 2.75) is 13.3 Å². The van der Waals surface area contributed by atoms with Crippen LogP contribution in [-0.2, 0) is 11.2 Å². The second-order valence-corrected chi connectivity index (χ2v) is 2.99. The van der Waals surface area contributed by atoms with E-state index in [1.807, 2.05) is 0 Å². The summed E-state index contributed by atoms with van der Waals surface area (Å²) in [6.45, 7) is 1.38. The largest absolute Gasteiger partial charge is 0.393 e. The molecule has 14 heavy (non-hydrogen) atoms. The maximum atomic E-state index is 10.8. The van der Waals surface area contributed by atoms with Crippen molar-refractivity contribution in [1.82, 2.24) is 0 Å². The fourth-order valence-corrected chi connectivity index (χ4v) is 1.24.